The number of thiocarbonyl (C=S) groups is 1. The summed E-state index contributed by atoms with van der Waals surface area (Å²) in [5.41, 5.74) is 7.32. The van der Waals surface area contributed by atoms with Crippen LogP contribution in [0.2, 0.25) is 5.02 Å². The van der Waals surface area contributed by atoms with Crippen LogP contribution >= 0.6 is 23.8 Å². The lowest BCUT2D eigenvalue weighted by atomic mass is 10.1. The van der Waals surface area contributed by atoms with Crippen LogP contribution in [0.4, 0.5) is 5.69 Å². The van der Waals surface area contributed by atoms with E-state index in [-0.39, 0.29) is 5.91 Å². The third kappa shape index (κ3) is 3.16. The Morgan fingerprint density at radius 1 is 1.32 bits per heavy atom. The van der Waals surface area contributed by atoms with Crippen molar-refractivity contribution in [2.24, 2.45) is 5.73 Å². The molecule has 4 nitrogen and oxygen atoms in total. The second-order valence-corrected chi connectivity index (χ2v) is 5.37. The van der Waals surface area contributed by atoms with Gasteiger partial charge in [-0.15, -0.1) is 0 Å². The number of carbonyl (C=O) groups excluding carboxylic acids is 1. The van der Waals surface area contributed by atoms with E-state index in [2.05, 4.69) is 4.90 Å². The number of anilines is 1. The number of benzene rings is 1. The largest absolute Gasteiger partial charge is 0.389 e. The number of halogens is 1. The SMILES string of the molecule is CC(=O)N1CCN(c2ccc(C(N)=S)c(Cl)c2)CC1. The van der Waals surface area contributed by atoms with E-state index < -0.39 is 0 Å². The number of hydrogen-bond acceptors (Lipinski definition) is 3. The van der Waals surface area contributed by atoms with Crippen molar-refractivity contribution in [3.63, 3.8) is 0 Å². The van der Waals surface area contributed by atoms with Crippen molar-refractivity contribution in [2.45, 2.75) is 6.92 Å². The third-order valence-corrected chi connectivity index (χ3v) is 3.84. The highest BCUT2D eigenvalue weighted by molar-refractivity contribution is 7.80. The van der Waals surface area contributed by atoms with Crippen molar-refractivity contribution in [1.82, 2.24) is 4.90 Å². The van der Waals surface area contributed by atoms with Crippen molar-refractivity contribution in [1.29, 1.82) is 0 Å². The summed E-state index contributed by atoms with van der Waals surface area (Å²) in [7, 11) is 0. The third-order valence-electron chi connectivity index (χ3n) is 3.31. The first-order valence-corrected chi connectivity index (χ1v) is 6.87. The first-order valence-electron chi connectivity index (χ1n) is 6.09. The van der Waals surface area contributed by atoms with Gasteiger partial charge in [-0.1, -0.05) is 23.8 Å². The van der Waals surface area contributed by atoms with Crippen LogP contribution in [-0.2, 0) is 4.79 Å². The minimum absolute atomic E-state index is 0.126. The molecule has 1 heterocycles. The monoisotopic (exact) mass is 297 g/mol. The summed E-state index contributed by atoms with van der Waals surface area (Å²) in [4.78, 5) is 15.6. The fourth-order valence-corrected chi connectivity index (χ4v) is 2.69. The Morgan fingerprint density at radius 2 is 1.95 bits per heavy atom. The minimum Gasteiger partial charge on any atom is -0.389 e. The van der Waals surface area contributed by atoms with Gasteiger partial charge in [0.15, 0.2) is 0 Å². The first-order chi connectivity index (χ1) is 8.99. The molecule has 0 saturated carbocycles. The molecular weight excluding hydrogens is 282 g/mol. The Bertz CT molecular complexity index is 513. The highest BCUT2D eigenvalue weighted by Crippen LogP contribution is 2.24. The second kappa shape index (κ2) is 5.75. The molecule has 1 fully saturated rings. The molecular formula is C13H16ClN3OS. The van der Waals surface area contributed by atoms with Gasteiger partial charge in [-0.3, -0.25) is 4.79 Å². The van der Waals surface area contributed by atoms with Crippen LogP contribution in [0.1, 0.15) is 12.5 Å². The number of carbonyl (C=O) groups is 1. The van der Waals surface area contributed by atoms with Gasteiger partial charge in [0, 0.05) is 44.4 Å². The van der Waals surface area contributed by atoms with Gasteiger partial charge in [0.1, 0.15) is 4.99 Å². The summed E-state index contributed by atoms with van der Waals surface area (Å²) in [5.74, 6) is 0.126. The van der Waals surface area contributed by atoms with Gasteiger partial charge in [0.25, 0.3) is 0 Å². The van der Waals surface area contributed by atoms with Gasteiger partial charge in [0.05, 0.1) is 5.02 Å². The van der Waals surface area contributed by atoms with Gasteiger partial charge in [0.2, 0.25) is 5.91 Å². The van der Waals surface area contributed by atoms with Crippen molar-refractivity contribution < 1.29 is 4.79 Å². The molecule has 0 bridgehead atoms. The lowest BCUT2D eigenvalue weighted by Crippen LogP contribution is -2.48. The van der Waals surface area contributed by atoms with E-state index in [4.69, 9.17) is 29.6 Å². The van der Waals surface area contributed by atoms with E-state index >= 15 is 0 Å². The highest BCUT2D eigenvalue weighted by Gasteiger charge is 2.19. The molecule has 0 spiro atoms. The lowest BCUT2D eigenvalue weighted by molar-refractivity contribution is -0.129. The standard InChI is InChI=1S/C13H16ClN3OS/c1-9(18)16-4-6-17(7-5-16)10-2-3-11(13(15)19)12(14)8-10/h2-3,8H,4-7H2,1H3,(H2,15,19). The molecule has 0 unspecified atom stereocenters. The van der Waals surface area contributed by atoms with Crippen LogP contribution in [0.3, 0.4) is 0 Å². The topological polar surface area (TPSA) is 49.6 Å². The molecule has 1 amide bonds. The van der Waals surface area contributed by atoms with E-state index in [0.717, 1.165) is 31.9 Å². The Balaban J connectivity index is 2.10. The van der Waals surface area contributed by atoms with Crippen LogP contribution in [0.25, 0.3) is 0 Å². The molecule has 1 saturated heterocycles. The molecule has 1 aliphatic rings. The number of amides is 1. The molecule has 0 aromatic heterocycles. The van der Waals surface area contributed by atoms with Crippen LogP contribution < -0.4 is 10.6 Å². The molecule has 0 aliphatic carbocycles. The van der Waals surface area contributed by atoms with E-state index in [0.29, 0.717) is 15.6 Å². The van der Waals surface area contributed by atoms with Gasteiger partial charge >= 0.3 is 0 Å². The van der Waals surface area contributed by atoms with Crippen LogP contribution in [-0.4, -0.2) is 42.0 Å². The summed E-state index contributed by atoms with van der Waals surface area (Å²) in [6, 6.07) is 5.68. The molecule has 0 radical (unpaired) electrons. The zero-order valence-electron chi connectivity index (χ0n) is 10.7. The predicted octanol–water partition coefficient (Wildman–Crippen LogP) is 1.64. The number of piperazine rings is 1. The quantitative estimate of drug-likeness (QED) is 0.843. The first kappa shape index (κ1) is 14.1. The fourth-order valence-electron chi connectivity index (χ4n) is 2.18. The summed E-state index contributed by atoms with van der Waals surface area (Å²) >= 11 is 11.1. The van der Waals surface area contributed by atoms with Crippen LogP contribution in [0.15, 0.2) is 18.2 Å². The van der Waals surface area contributed by atoms with E-state index in [1.165, 1.54) is 0 Å². The summed E-state index contributed by atoms with van der Waals surface area (Å²) in [5, 5.41) is 0.569. The molecule has 0 atom stereocenters. The van der Waals surface area contributed by atoms with E-state index in [1.54, 1.807) is 6.92 Å². The normalized spacial score (nSPS) is 15.5. The summed E-state index contributed by atoms with van der Waals surface area (Å²) in [6.45, 7) is 4.70. The Hall–Kier alpha value is -1.33. The molecule has 1 aliphatic heterocycles. The van der Waals surface area contributed by atoms with Crippen molar-refractivity contribution in [2.75, 3.05) is 31.1 Å². The van der Waals surface area contributed by atoms with Crippen molar-refractivity contribution in [3.8, 4) is 0 Å². The molecule has 6 heteroatoms. The molecule has 1 aromatic carbocycles. The highest BCUT2D eigenvalue weighted by atomic mass is 35.5. The number of nitrogens with two attached hydrogens (primary N) is 1. The second-order valence-electron chi connectivity index (χ2n) is 4.52. The number of rotatable bonds is 2. The van der Waals surface area contributed by atoms with Gasteiger partial charge in [-0.2, -0.15) is 0 Å². The molecule has 102 valence electrons. The van der Waals surface area contributed by atoms with Gasteiger partial charge in [-0.05, 0) is 18.2 Å². The lowest BCUT2D eigenvalue weighted by Gasteiger charge is -2.35. The maximum atomic E-state index is 11.3. The molecule has 1 aromatic rings. The van der Waals surface area contributed by atoms with Crippen LogP contribution in [0, 0.1) is 0 Å². The Labute approximate surface area is 123 Å². The maximum Gasteiger partial charge on any atom is 0.219 e. The number of nitrogens with zero attached hydrogens (tertiary/aromatic N) is 2. The molecule has 2 rings (SSSR count). The smallest absolute Gasteiger partial charge is 0.219 e. The zero-order valence-corrected chi connectivity index (χ0v) is 12.3. The summed E-state index contributed by atoms with van der Waals surface area (Å²) in [6.07, 6.45) is 0. The average molecular weight is 298 g/mol. The Kier molecular flexibility index (Phi) is 4.27. The fraction of sp³-hybridized carbons (Fsp3) is 0.385. The average Bonchev–Trinajstić information content (AvgIpc) is 2.38. The molecule has 2 N–H and O–H groups in total. The van der Waals surface area contributed by atoms with E-state index in [9.17, 15) is 4.79 Å². The van der Waals surface area contributed by atoms with E-state index in [1.807, 2.05) is 23.1 Å². The zero-order chi connectivity index (χ0) is 14.0. The minimum atomic E-state index is 0.126. The van der Waals surface area contributed by atoms with Crippen molar-refractivity contribution >= 4 is 40.4 Å². The van der Waals surface area contributed by atoms with Crippen LogP contribution in [0.5, 0.6) is 0 Å². The number of hydrogen-bond donors (Lipinski definition) is 1. The van der Waals surface area contributed by atoms with Gasteiger partial charge < -0.3 is 15.5 Å². The van der Waals surface area contributed by atoms with Crippen molar-refractivity contribution in [3.05, 3.63) is 28.8 Å². The predicted molar refractivity (Wildman–Crippen MR) is 81.8 cm³/mol. The molecule has 19 heavy (non-hydrogen) atoms. The summed E-state index contributed by atoms with van der Waals surface area (Å²) < 4.78 is 0. The maximum absolute atomic E-state index is 11.3. The van der Waals surface area contributed by atoms with Gasteiger partial charge in [-0.25, -0.2) is 0 Å². The Morgan fingerprint density at radius 3 is 2.42 bits per heavy atom.